The molecule has 0 aliphatic heterocycles. The topological polar surface area (TPSA) is 67.9 Å². The first kappa shape index (κ1) is 24.3. The van der Waals surface area contributed by atoms with E-state index in [2.05, 4.69) is 5.32 Å². The van der Waals surface area contributed by atoms with Crippen LogP contribution in [0.25, 0.3) is 0 Å². The van der Waals surface area contributed by atoms with Crippen molar-refractivity contribution in [2.45, 2.75) is 46.2 Å². The van der Waals surface area contributed by atoms with Crippen molar-refractivity contribution in [2.75, 3.05) is 20.8 Å². The SMILES string of the molecule is COc1ccc(CCC(=O)N(Cc2ccccc2)[C@H](C)C(=O)NCC(C)C)cc1OC. The summed E-state index contributed by atoms with van der Waals surface area (Å²) < 4.78 is 10.6. The Morgan fingerprint density at radius 1 is 0.935 bits per heavy atom. The summed E-state index contributed by atoms with van der Waals surface area (Å²) in [5, 5.41) is 2.94. The van der Waals surface area contributed by atoms with Crippen LogP contribution in [0.3, 0.4) is 0 Å². The van der Waals surface area contributed by atoms with Crippen LogP contribution in [-0.2, 0) is 22.6 Å². The number of methoxy groups -OCH3 is 2. The van der Waals surface area contributed by atoms with Gasteiger partial charge in [0.1, 0.15) is 6.04 Å². The minimum Gasteiger partial charge on any atom is -0.493 e. The Balaban J connectivity index is 2.12. The fraction of sp³-hybridized carbons (Fsp3) is 0.440. The van der Waals surface area contributed by atoms with Crippen LogP contribution in [0, 0.1) is 5.92 Å². The van der Waals surface area contributed by atoms with Gasteiger partial charge in [0, 0.05) is 19.5 Å². The summed E-state index contributed by atoms with van der Waals surface area (Å²) >= 11 is 0. The molecule has 0 heterocycles. The number of rotatable bonds is 11. The summed E-state index contributed by atoms with van der Waals surface area (Å²) in [5.41, 5.74) is 1.97. The van der Waals surface area contributed by atoms with Gasteiger partial charge in [-0.05, 0) is 42.5 Å². The van der Waals surface area contributed by atoms with Gasteiger partial charge in [-0.1, -0.05) is 50.2 Å². The zero-order chi connectivity index (χ0) is 22.8. The van der Waals surface area contributed by atoms with Crippen molar-refractivity contribution in [1.29, 1.82) is 0 Å². The third-order valence-corrected chi connectivity index (χ3v) is 5.12. The molecule has 2 aromatic rings. The quantitative estimate of drug-likeness (QED) is 0.593. The molecule has 2 rings (SSSR count). The first-order valence-corrected chi connectivity index (χ1v) is 10.7. The number of amides is 2. The van der Waals surface area contributed by atoms with Crippen LogP contribution in [0.15, 0.2) is 48.5 Å². The minimum absolute atomic E-state index is 0.0640. The van der Waals surface area contributed by atoms with E-state index in [1.54, 1.807) is 26.0 Å². The summed E-state index contributed by atoms with van der Waals surface area (Å²) in [5.74, 6) is 1.43. The number of hydrogen-bond donors (Lipinski definition) is 1. The molecule has 31 heavy (non-hydrogen) atoms. The van der Waals surface area contributed by atoms with E-state index in [9.17, 15) is 9.59 Å². The van der Waals surface area contributed by atoms with Crippen molar-refractivity contribution < 1.29 is 19.1 Å². The predicted molar refractivity (Wildman–Crippen MR) is 122 cm³/mol. The lowest BCUT2D eigenvalue weighted by Gasteiger charge is -2.29. The van der Waals surface area contributed by atoms with Gasteiger partial charge in [0.25, 0.3) is 0 Å². The highest BCUT2D eigenvalue weighted by molar-refractivity contribution is 5.87. The molecule has 2 amide bonds. The molecular formula is C25H34N2O4. The Hall–Kier alpha value is -3.02. The predicted octanol–water partition coefficient (Wildman–Crippen LogP) is 3.83. The second-order valence-electron chi connectivity index (χ2n) is 8.01. The molecule has 0 aliphatic carbocycles. The van der Waals surface area contributed by atoms with Gasteiger partial charge in [0.2, 0.25) is 11.8 Å². The molecule has 0 unspecified atom stereocenters. The van der Waals surface area contributed by atoms with E-state index < -0.39 is 6.04 Å². The highest BCUT2D eigenvalue weighted by Gasteiger charge is 2.26. The van der Waals surface area contributed by atoms with Gasteiger partial charge in [0.05, 0.1) is 14.2 Å². The smallest absolute Gasteiger partial charge is 0.242 e. The maximum Gasteiger partial charge on any atom is 0.242 e. The number of ether oxygens (including phenoxy) is 2. The molecule has 0 bridgehead atoms. The van der Waals surface area contributed by atoms with Crippen molar-refractivity contribution in [3.8, 4) is 11.5 Å². The van der Waals surface area contributed by atoms with Gasteiger partial charge in [-0.25, -0.2) is 0 Å². The van der Waals surface area contributed by atoms with Crippen LogP contribution in [0.5, 0.6) is 11.5 Å². The molecule has 0 spiro atoms. The van der Waals surface area contributed by atoms with E-state index in [0.29, 0.717) is 43.3 Å². The van der Waals surface area contributed by atoms with Crippen molar-refractivity contribution in [2.24, 2.45) is 5.92 Å². The number of nitrogens with zero attached hydrogens (tertiary/aromatic N) is 1. The standard InChI is InChI=1S/C25H34N2O4/c1-18(2)16-26-25(29)19(3)27(17-21-9-7-6-8-10-21)24(28)14-12-20-11-13-22(30-4)23(15-20)31-5/h6-11,13,15,18-19H,12,14,16-17H2,1-5H3,(H,26,29)/t19-/m1/s1. The number of carbonyl (C=O) groups is 2. The first-order chi connectivity index (χ1) is 14.8. The van der Waals surface area contributed by atoms with E-state index >= 15 is 0 Å². The highest BCUT2D eigenvalue weighted by Crippen LogP contribution is 2.28. The molecule has 0 saturated carbocycles. The maximum atomic E-state index is 13.2. The Bertz CT molecular complexity index is 852. The molecule has 6 heteroatoms. The molecule has 0 fully saturated rings. The van der Waals surface area contributed by atoms with Crippen LogP contribution in [-0.4, -0.2) is 43.5 Å². The van der Waals surface area contributed by atoms with E-state index in [1.807, 2.05) is 62.4 Å². The number of nitrogens with one attached hydrogen (secondary N) is 1. The van der Waals surface area contributed by atoms with Crippen LogP contribution < -0.4 is 14.8 Å². The number of benzene rings is 2. The summed E-state index contributed by atoms with van der Waals surface area (Å²) in [6.45, 7) is 6.85. The molecule has 2 aromatic carbocycles. The Labute approximate surface area is 185 Å². The van der Waals surface area contributed by atoms with Gasteiger partial charge in [-0.3, -0.25) is 9.59 Å². The number of hydrogen-bond acceptors (Lipinski definition) is 4. The molecule has 0 aliphatic rings. The average molecular weight is 427 g/mol. The second kappa shape index (κ2) is 12.0. The molecule has 1 N–H and O–H groups in total. The van der Waals surface area contributed by atoms with E-state index in [0.717, 1.165) is 11.1 Å². The summed E-state index contributed by atoms with van der Waals surface area (Å²) in [7, 11) is 3.18. The average Bonchev–Trinajstić information content (AvgIpc) is 2.79. The van der Waals surface area contributed by atoms with Crippen molar-refractivity contribution in [1.82, 2.24) is 10.2 Å². The lowest BCUT2D eigenvalue weighted by Crippen LogP contribution is -2.48. The van der Waals surface area contributed by atoms with E-state index in [-0.39, 0.29) is 11.8 Å². The Kier molecular flexibility index (Phi) is 9.38. The largest absolute Gasteiger partial charge is 0.493 e. The van der Waals surface area contributed by atoms with Gasteiger partial charge in [-0.2, -0.15) is 0 Å². The van der Waals surface area contributed by atoms with Crippen LogP contribution in [0.4, 0.5) is 0 Å². The third kappa shape index (κ3) is 7.31. The van der Waals surface area contributed by atoms with Crippen LogP contribution >= 0.6 is 0 Å². The fourth-order valence-electron chi connectivity index (χ4n) is 3.25. The van der Waals surface area contributed by atoms with E-state index in [1.165, 1.54) is 0 Å². The molecular weight excluding hydrogens is 392 g/mol. The first-order valence-electron chi connectivity index (χ1n) is 10.7. The highest BCUT2D eigenvalue weighted by atomic mass is 16.5. The molecule has 0 saturated heterocycles. The van der Waals surface area contributed by atoms with Crippen LogP contribution in [0.2, 0.25) is 0 Å². The third-order valence-electron chi connectivity index (χ3n) is 5.12. The van der Waals surface area contributed by atoms with Gasteiger partial charge >= 0.3 is 0 Å². The molecule has 168 valence electrons. The minimum atomic E-state index is -0.558. The fourth-order valence-corrected chi connectivity index (χ4v) is 3.25. The van der Waals surface area contributed by atoms with Gasteiger partial charge < -0.3 is 19.7 Å². The summed E-state index contributed by atoms with van der Waals surface area (Å²) in [4.78, 5) is 27.5. The molecule has 0 radical (unpaired) electrons. The van der Waals surface area contributed by atoms with Crippen molar-refractivity contribution >= 4 is 11.8 Å². The molecule has 0 aromatic heterocycles. The lowest BCUT2D eigenvalue weighted by atomic mass is 10.1. The zero-order valence-electron chi connectivity index (χ0n) is 19.2. The lowest BCUT2D eigenvalue weighted by molar-refractivity contribution is -0.140. The number of carbonyl (C=O) groups excluding carboxylic acids is 2. The monoisotopic (exact) mass is 426 g/mol. The number of aryl methyl sites for hydroxylation is 1. The summed E-state index contributed by atoms with van der Waals surface area (Å²) in [6, 6.07) is 14.8. The summed E-state index contributed by atoms with van der Waals surface area (Å²) in [6.07, 6.45) is 0.842. The zero-order valence-corrected chi connectivity index (χ0v) is 19.2. The second-order valence-corrected chi connectivity index (χ2v) is 8.01. The maximum absolute atomic E-state index is 13.2. The Morgan fingerprint density at radius 2 is 1.61 bits per heavy atom. The van der Waals surface area contributed by atoms with Crippen molar-refractivity contribution in [3.05, 3.63) is 59.7 Å². The van der Waals surface area contributed by atoms with Crippen LogP contribution in [0.1, 0.15) is 38.3 Å². The normalized spacial score (nSPS) is 11.7. The van der Waals surface area contributed by atoms with E-state index in [4.69, 9.17) is 9.47 Å². The van der Waals surface area contributed by atoms with Crippen molar-refractivity contribution in [3.63, 3.8) is 0 Å². The molecule has 6 nitrogen and oxygen atoms in total. The Morgan fingerprint density at radius 3 is 2.23 bits per heavy atom. The van der Waals surface area contributed by atoms with Gasteiger partial charge in [0.15, 0.2) is 11.5 Å². The molecule has 1 atom stereocenters. The van der Waals surface area contributed by atoms with Gasteiger partial charge in [-0.15, -0.1) is 0 Å².